The highest BCUT2D eigenvalue weighted by Crippen LogP contribution is 2.35. The maximum absolute atomic E-state index is 13.9. The molecule has 2 heterocycles. The van der Waals surface area contributed by atoms with Crippen molar-refractivity contribution in [3.8, 4) is 9.88 Å². The molecule has 1 aromatic carbocycles. The first-order valence-electron chi connectivity index (χ1n) is 7.09. The molecule has 2 aromatic heterocycles. The summed E-state index contributed by atoms with van der Waals surface area (Å²) in [7, 11) is 0. The van der Waals surface area contributed by atoms with Crippen molar-refractivity contribution in [3.05, 3.63) is 56.4 Å². The summed E-state index contributed by atoms with van der Waals surface area (Å²) in [4.78, 5) is 29.0. The van der Waals surface area contributed by atoms with E-state index >= 15 is 0 Å². The summed E-state index contributed by atoms with van der Waals surface area (Å²) >= 11 is 8.33. The van der Waals surface area contributed by atoms with E-state index in [1.165, 1.54) is 11.3 Å². The summed E-state index contributed by atoms with van der Waals surface area (Å²) in [5, 5.41) is 2.92. The predicted octanol–water partition coefficient (Wildman–Crippen LogP) is 4.46. The molecule has 2 amide bonds. The molecule has 3 N–H and O–H groups in total. The van der Waals surface area contributed by atoms with Gasteiger partial charge in [0.1, 0.15) is 21.5 Å². The van der Waals surface area contributed by atoms with Gasteiger partial charge in [0, 0.05) is 6.07 Å². The molecule has 26 heavy (non-hydrogen) atoms. The Hall–Kier alpha value is -2.36. The number of rotatable bonds is 4. The molecule has 10 heteroatoms. The molecule has 0 saturated heterocycles. The number of primary amides is 1. The molecular formula is C16H10ClF2N3O2S2. The Bertz CT molecular complexity index is 1030. The summed E-state index contributed by atoms with van der Waals surface area (Å²) in [5.41, 5.74) is 4.62. The molecule has 0 atom stereocenters. The van der Waals surface area contributed by atoms with Crippen LogP contribution in [-0.2, 0) is 0 Å². The second kappa shape index (κ2) is 7.10. The molecule has 0 aliphatic carbocycles. The first kappa shape index (κ1) is 18.4. The number of halogens is 3. The van der Waals surface area contributed by atoms with Crippen molar-refractivity contribution in [2.45, 2.75) is 6.92 Å². The van der Waals surface area contributed by atoms with Gasteiger partial charge in [-0.05, 0) is 25.1 Å². The zero-order valence-electron chi connectivity index (χ0n) is 13.1. The van der Waals surface area contributed by atoms with Crippen molar-refractivity contribution in [2.75, 3.05) is 5.32 Å². The van der Waals surface area contributed by atoms with Crippen LogP contribution in [0.3, 0.4) is 0 Å². The lowest BCUT2D eigenvalue weighted by atomic mass is 10.1. The number of hydrogen-bond acceptors (Lipinski definition) is 5. The van der Waals surface area contributed by atoms with Crippen LogP contribution < -0.4 is 11.1 Å². The number of thiazole rings is 1. The van der Waals surface area contributed by atoms with E-state index in [0.29, 0.717) is 21.1 Å². The van der Waals surface area contributed by atoms with E-state index in [0.717, 1.165) is 22.3 Å². The van der Waals surface area contributed by atoms with Crippen molar-refractivity contribution >= 4 is 51.8 Å². The van der Waals surface area contributed by atoms with E-state index in [2.05, 4.69) is 10.3 Å². The lowest BCUT2D eigenvalue weighted by Crippen LogP contribution is -2.17. The van der Waals surface area contributed by atoms with Gasteiger partial charge in [-0.25, -0.2) is 13.8 Å². The van der Waals surface area contributed by atoms with Gasteiger partial charge in [0.15, 0.2) is 0 Å². The average molecular weight is 414 g/mol. The average Bonchev–Trinajstić information content (AvgIpc) is 3.15. The molecule has 0 radical (unpaired) electrons. The minimum absolute atomic E-state index is 0.258. The highest BCUT2D eigenvalue weighted by Gasteiger charge is 2.20. The van der Waals surface area contributed by atoms with Gasteiger partial charge >= 0.3 is 0 Å². The van der Waals surface area contributed by atoms with Gasteiger partial charge in [-0.2, -0.15) is 0 Å². The summed E-state index contributed by atoms with van der Waals surface area (Å²) in [6.45, 7) is 1.64. The third-order valence-corrected chi connectivity index (χ3v) is 5.91. The van der Waals surface area contributed by atoms with Gasteiger partial charge < -0.3 is 11.1 Å². The SMILES string of the molecule is Cc1nc(-c2ccc(Cl)s2)sc1C(=O)Nc1cc(C(N)=O)c(F)cc1F. The van der Waals surface area contributed by atoms with Crippen LogP contribution in [0.25, 0.3) is 9.88 Å². The van der Waals surface area contributed by atoms with E-state index in [9.17, 15) is 18.4 Å². The fourth-order valence-electron chi connectivity index (χ4n) is 2.15. The van der Waals surface area contributed by atoms with Crippen LogP contribution in [-0.4, -0.2) is 16.8 Å². The quantitative estimate of drug-likeness (QED) is 0.662. The number of nitrogens with one attached hydrogen (secondary N) is 1. The zero-order valence-corrected chi connectivity index (χ0v) is 15.5. The zero-order chi connectivity index (χ0) is 19.0. The van der Waals surface area contributed by atoms with Gasteiger partial charge in [0.05, 0.1) is 26.2 Å². The monoisotopic (exact) mass is 413 g/mol. The Kier molecular flexibility index (Phi) is 5.03. The van der Waals surface area contributed by atoms with Crippen LogP contribution >= 0.6 is 34.3 Å². The van der Waals surface area contributed by atoms with Gasteiger partial charge in [-0.1, -0.05) is 11.6 Å². The van der Waals surface area contributed by atoms with Crippen LogP contribution in [0.5, 0.6) is 0 Å². The Morgan fingerprint density at radius 3 is 2.54 bits per heavy atom. The van der Waals surface area contributed by atoms with Crippen LogP contribution in [0.4, 0.5) is 14.5 Å². The molecule has 0 aliphatic heterocycles. The second-order valence-electron chi connectivity index (χ2n) is 5.17. The van der Waals surface area contributed by atoms with Crippen molar-refractivity contribution in [3.63, 3.8) is 0 Å². The molecule has 0 bridgehead atoms. The summed E-state index contributed by atoms with van der Waals surface area (Å²) in [6.07, 6.45) is 0. The molecule has 0 aliphatic rings. The van der Waals surface area contributed by atoms with E-state index in [4.69, 9.17) is 17.3 Å². The number of aromatic nitrogens is 1. The molecule has 0 unspecified atom stereocenters. The summed E-state index contributed by atoms with van der Waals surface area (Å²) in [6, 6.07) is 4.86. The minimum Gasteiger partial charge on any atom is -0.366 e. The van der Waals surface area contributed by atoms with Crippen molar-refractivity contribution in [1.29, 1.82) is 0 Å². The van der Waals surface area contributed by atoms with Gasteiger partial charge in [-0.15, -0.1) is 22.7 Å². The smallest absolute Gasteiger partial charge is 0.267 e. The summed E-state index contributed by atoms with van der Waals surface area (Å²) < 4.78 is 28.0. The third-order valence-electron chi connectivity index (χ3n) is 3.36. The van der Waals surface area contributed by atoms with Crippen molar-refractivity contribution in [1.82, 2.24) is 4.98 Å². The Morgan fingerprint density at radius 2 is 1.92 bits per heavy atom. The number of carbonyl (C=O) groups is 2. The first-order chi connectivity index (χ1) is 12.3. The highest BCUT2D eigenvalue weighted by molar-refractivity contribution is 7.24. The largest absolute Gasteiger partial charge is 0.366 e. The van der Waals surface area contributed by atoms with Crippen LogP contribution in [0.2, 0.25) is 4.34 Å². The number of anilines is 1. The van der Waals surface area contributed by atoms with Crippen molar-refractivity contribution in [2.24, 2.45) is 5.73 Å². The maximum atomic E-state index is 13.9. The topological polar surface area (TPSA) is 85.1 Å². The Balaban J connectivity index is 1.90. The lowest BCUT2D eigenvalue weighted by molar-refractivity contribution is 0.0992. The fourth-order valence-corrected chi connectivity index (χ4v) is 4.21. The van der Waals surface area contributed by atoms with Gasteiger partial charge in [0.2, 0.25) is 0 Å². The fraction of sp³-hybridized carbons (Fsp3) is 0.0625. The molecule has 3 aromatic rings. The predicted molar refractivity (Wildman–Crippen MR) is 98.0 cm³/mol. The van der Waals surface area contributed by atoms with E-state index in [1.807, 2.05) is 0 Å². The molecule has 0 fully saturated rings. The molecule has 134 valence electrons. The number of nitrogens with two attached hydrogens (primary N) is 1. The first-order valence-corrected chi connectivity index (χ1v) is 9.10. The number of aryl methyl sites for hydroxylation is 1. The minimum atomic E-state index is -1.10. The normalized spacial score (nSPS) is 10.8. The van der Waals surface area contributed by atoms with Gasteiger partial charge in [-0.3, -0.25) is 9.59 Å². The third kappa shape index (κ3) is 3.59. The number of thiophene rings is 1. The number of nitrogens with zero attached hydrogens (tertiary/aromatic N) is 1. The Labute approximate surface area is 159 Å². The number of amides is 2. The van der Waals surface area contributed by atoms with Crippen LogP contribution in [0.1, 0.15) is 25.7 Å². The van der Waals surface area contributed by atoms with Crippen LogP contribution in [0.15, 0.2) is 24.3 Å². The number of hydrogen-bond donors (Lipinski definition) is 2. The molecule has 0 saturated carbocycles. The maximum Gasteiger partial charge on any atom is 0.267 e. The second-order valence-corrected chi connectivity index (χ2v) is 7.88. The standard InChI is InChI=1S/C16H10ClF2N3O2S2/c1-6-13(26-16(21-6)11-2-3-12(17)25-11)15(24)22-10-4-7(14(20)23)8(18)5-9(10)19/h2-5H,1H3,(H2,20,23)(H,22,24). The van der Waals surface area contributed by atoms with E-state index < -0.39 is 29.0 Å². The van der Waals surface area contributed by atoms with Crippen LogP contribution in [0, 0.1) is 18.6 Å². The van der Waals surface area contributed by atoms with E-state index in [-0.39, 0.29) is 10.6 Å². The molecule has 3 rings (SSSR count). The lowest BCUT2D eigenvalue weighted by Gasteiger charge is -2.08. The summed E-state index contributed by atoms with van der Waals surface area (Å²) in [5.74, 6) is -3.81. The van der Waals surface area contributed by atoms with Crippen molar-refractivity contribution < 1.29 is 18.4 Å². The molecular weight excluding hydrogens is 404 g/mol. The number of benzene rings is 1. The van der Waals surface area contributed by atoms with Gasteiger partial charge in [0.25, 0.3) is 11.8 Å². The highest BCUT2D eigenvalue weighted by atomic mass is 35.5. The molecule has 5 nitrogen and oxygen atoms in total. The number of carbonyl (C=O) groups excluding carboxylic acids is 2. The Morgan fingerprint density at radius 1 is 1.19 bits per heavy atom. The van der Waals surface area contributed by atoms with E-state index in [1.54, 1.807) is 19.1 Å². The molecule has 0 spiro atoms.